The van der Waals surface area contributed by atoms with Crippen molar-refractivity contribution >= 4 is 23.5 Å². The van der Waals surface area contributed by atoms with Gasteiger partial charge in [-0.1, -0.05) is 12.1 Å². The molecule has 4 N–H and O–H groups in total. The van der Waals surface area contributed by atoms with E-state index < -0.39 is 53.4 Å². The van der Waals surface area contributed by atoms with Gasteiger partial charge in [0.2, 0.25) is 11.8 Å². The van der Waals surface area contributed by atoms with E-state index in [2.05, 4.69) is 4.98 Å². The summed E-state index contributed by atoms with van der Waals surface area (Å²) < 4.78 is 82.5. The predicted octanol–water partition coefficient (Wildman–Crippen LogP) is 3.38. The van der Waals surface area contributed by atoms with Crippen molar-refractivity contribution in [3.8, 4) is 17.7 Å². The average molecular weight is 627 g/mol. The van der Waals surface area contributed by atoms with E-state index >= 15 is 0 Å². The fraction of sp³-hybridized carbons (Fsp3) is 0.348. The van der Waals surface area contributed by atoms with Crippen LogP contribution in [0.15, 0.2) is 42.6 Å². The Balaban J connectivity index is 0.000000548. The van der Waals surface area contributed by atoms with Crippen molar-refractivity contribution in [1.82, 2.24) is 9.88 Å². The Kier molecular flexibility index (Phi) is 12.8. The number of nitrogens with two attached hydrogens (primary N) is 1. The van der Waals surface area contributed by atoms with Gasteiger partial charge < -0.3 is 25.6 Å². The molecule has 1 aliphatic rings. The third-order valence-electron chi connectivity index (χ3n) is 5.02. The quantitative estimate of drug-likeness (QED) is 0.240. The Labute approximate surface area is 236 Å². The van der Waals surface area contributed by atoms with Crippen molar-refractivity contribution in [3.63, 3.8) is 0 Å². The van der Waals surface area contributed by atoms with Crippen molar-refractivity contribution < 1.29 is 65.0 Å². The molecule has 1 aliphatic heterocycles. The van der Waals surface area contributed by atoms with E-state index in [1.54, 1.807) is 24.3 Å². The molecular weight excluding hydrogens is 607 g/mol. The highest BCUT2D eigenvalue weighted by molar-refractivity contribution is 5.83. The van der Waals surface area contributed by atoms with Gasteiger partial charge in [0, 0.05) is 18.6 Å². The lowest BCUT2D eigenvalue weighted by Crippen LogP contribution is -2.46. The molecule has 20 heteroatoms. The van der Waals surface area contributed by atoms with Gasteiger partial charge in [0.25, 0.3) is 5.69 Å². The number of carbonyl (C=O) groups is 3. The number of alkyl halides is 7. The van der Waals surface area contributed by atoms with E-state index in [9.17, 15) is 45.6 Å². The number of hydrogen-bond donors (Lipinski definition) is 3. The second kappa shape index (κ2) is 15.2. The van der Waals surface area contributed by atoms with Crippen molar-refractivity contribution in [2.24, 2.45) is 5.73 Å². The Morgan fingerprint density at radius 3 is 2.00 bits per heavy atom. The van der Waals surface area contributed by atoms with Crippen molar-refractivity contribution in [3.05, 3.63) is 58.3 Å². The monoisotopic (exact) mass is 627 g/mol. The van der Waals surface area contributed by atoms with E-state index in [0.29, 0.717) is 5.75 Å². The summed E-state index contributed by atoms with van der Waals surface area (Å²) >= 11 is 0. The van der Waals surface area contributed by atoms with Crippen LogP contribution < -0.4 is 10.5 Å². The number of benzene rings is 1. The molecule has 13 nitrogen and oxygen atoms in total. The number of rotatable bonds is 6. The molecule has 0 spiro atoms. The Morgan fingerprint density at radius 2 is 1.60 bits per heavy atom. The molecule has 1 amide bonds. The molecule has 1 aromatic heterocycles. The van der Waals surface area contributed by atoms with Gasteiger partial charge in [-0.3, -0.25) is 14.9 Å². The van der Waals surface area contributed by atoms with Crippen LogP contribution in [0.2, 0.25) is 0 Å². The number of pyridine rings is 1. The fourth-order valence-electron chi connectivity index (χ4n) is 3.06. The second-order valence-electron chi connectivity index (χ2n) is 8.24. The third-order valence-corrected chi connectivity index (χ3v) is 5.02. The summed E-state index contributed by atoms with van der Waals surface area (Å²) in [5.41, 5.74) is 6.60. The molecule has 0 aliphatic carbocycles. The third kappa shape index (κ3) is 12.1. The first-order valence-corrected chi connectivity index (χ1v) is 11.3. The predicted molar refractivity (Wildman–Crippen MR) is 127 cm³/mol. The average Bonchev–Trinajstić information content (AvgIpc) is 3.29. The van der Waals surface area contributed by atoms with Crippen molar-refractivity contribution in [2.75, 3.05) is 6.54 Å². The molecule has 0 saturated carbocycles. The smallest absolute Gasteiger partial charge is 0.475 e. The van der Waals surface area contributed by atoms with Crippen molar-refractivity contribution in [2.45, 2.75) is 43.4 Å². The Morgan fingerprint density at radius 1 is 1.09 bits per heavy atom. The zero-order valence-corrected chi connectivity index (χ0v) is 21.3. The molecule has 1 saturated heterocycles. The number of halogens is 7. The molecule has 1 aromatic carbocycles. The van der Waals surface area contributed by atoms with E-state index in [1.165, 1.54) is 17.0 Å². The van der Waals surface area contributed by atoms with Gasteiger partial charge in [0.05, 0.1) is 23.6 Å². The molecule has 2 aromatic rings. The maximum absolute atomic E-state index is 13.5. The molecule has 0 bridgehead atoms. The van der Waals surface area contributed by atoms with Crippen LogP contribution in [0.1, 0.15) is 12.0 Å². The number of ether oxygens (including phenoxy) is 1. The topological polar surface area (TPSA) is 210 Å². The highest BCUT2D eigenvalue weighted by Gasteiger charge is 2.39. The zero-order valence-electron chi connectivity index (χ0n) is 21.3. The lowest BCUT2D eigenvalue weighted by molar-refractivity contribution is -0.385. The number of likely N-dealkylation sites (tertiary alicyclic amines) is 1. The lowest BCUT2D eigenvalue weighted by Gasteiger charge is -2.23. The maximum Gasteiger partial charge on any atom is 0.490 e. The number of carboxylic acids is 2. The van der Waals surface area contributed by atoms with Crippen LogP contribution in [0.5, 0.6) is 11.6 Å². The number of aliphatic carboxylic acids is 2. The van der Waals surface area contributed by atoms with E-state index in [0.717, 1.165) is 11.8 Å². The van der Waals surface area contributed by atoms with Crippen LogP contribution in [0.4, 0.5) is 36.4 Å². The standard InChI is InChI=1S/C19H18FN5O4.2C2HF3O2/c20-13-8-15(9-21)24(11-13)19(26)17(22)7-12-1-4-16(5-2-12)29-18-6-3-14(10-23-18)25(27)28;2*3-2(4,5)1(6)7/h1-6,10,13,15,17H,7-8,11,22H2;2*(H,6,7)/t13-,15-,17-;;/m0../s1. The normalized spacial score (nSPS) is 16.8. The first-order chi connectivity index (χ1) is 19.8. The minimum atomic E-state index is -5.08. The molecule has 0 radical (unpaired) electrons. The van der Waals surface area contributed by atoms with Gasteiger partial charge in [-0.15, -0.1) is 0 Å². The first kappa shape index (κ1) is 36.0. The summed E-state index contributed by atoms with van der Waals surface area (Å²) in [4.78, 5) is 45.4. The van der Waals surface area contributed by atoms with Crippen LogP contribution in [0.3, 0.4) is 0 Å². The molecule has 2 heterocycles. The molecule has 234 valence electrons. The number of nitrogens with zero attached hydrogens (tertiary/aromatic N) is 4. The van der Waals surface area contributed by atoms with Gasteiger partial charge in [-0.25, -0.2) is 19.0 Å². The largest absolute Gasteiger partial charge is 0.490 e. The second-order valence-corrected chi connectivity index (χ2v) is 8.24. The van der Waals surface area contributed by atoms with Crippen LogP contribution in [0.25, 0.3) is 0 Å². The van der Waals surface area contributed by atoms with Crippen LogP contribution in [-0.4, -0.2) is 80.0 Å². The highest BCUT2D eigenvalue weighted by atomic mass is 19.4. The number of hydrogen-bond acceptors (Lipinski definition) is 9. The minimum absolute atomic E-state index is 0.0116. The minimum Gasteiger partial charge on any atom is -0.475 e. The summed E-state index contributed by atoms with van der Waals surface area (Å²) in [6, 6.07) is 9.69. The molecule has 1 fully saturated rings. The summed E-state index contributed by atoms with van der Waals surface area (Å²) in [7, 11) is 0. The summed E-state index contributed by atoms with van der Waals surface area (Å²) in [5.74, 6) is -5.31. The van der Waals surface area contributed by atoms with Crippen molar-refractivity contribution in [1.29, 1.82) is 5.26 Å². The van der Waals surface area contributed by atoms with E-state index in [-0.39, 0.29) is 31.0 Å². The summed E-state index contributed by atoms with van der Waals surface area (Å²) in [5, 5.41) is 33.9. The molecular formula is C23H20F7N5O8. The van der Waals surface area contributed by atoms with Gasteiger partial charge in [0.15, 0.2) is 0 Å². The Hall–Kier alpha value is -5.06. The van der Waals surface area contributed by atoms with Gasteiger partial charge in [-0.05, 0) is 24.1 Å². The van der Waals surface area contributed by atoms with Gasteiger partial charge in [-0.2, -0.15) is 31.6 Å². The summed E-state index contributed by atoms with van der Waals surface area (Å²) in [6.45, 7) is -0.111. The lowest BCUT2D eigenvalue weighted by atomic mass is 10.1. The first-order valence-electron chi connectivity index (χ1n) is 11.3. The molecule has 0 unspecified atom stereocenters. The van der Waals surface area contributed by atoms with E-state index in [1.807, 2.05) is 6.07 Å². The number of nitro groups is 1. The van der Waals surface area contributed by atoms with Crippen LogP contribution in [0, 0.1) is 21.4 Å². The van der Waals surface area contributed by atoms with E-state index in [4.69, 9.17) is 35.5 Å². The van der Waals surface area contributed by atoms with Crippen LogP contribution >= 0.6 is 0 Å². The van der Waals surface area contributed by atoms with Gasteiger partial charge >= 0.3 is 24.3 Å². The highest BCUT2D eigenvalue weighted by Crippen LogP contribution is 2.23. The number of amides is 1. The van der Waals surface area contributed by atoms with Gasteiger partial charge in [0.1, 0.15) is 24.2 Å². The maximum atomic E-state index is 13.5. The number of nitriles is 1. The number of aromatic nitrogens is 1. The fourth-order valence-corrected chi connectivity index (χ4v) is 3.06. The summed E-state index contributed by atoms with van der Waals surface area (Å²) in [6.07, 6.45) is -10.0. The molecule has 3 atom stereocenters. The SMILES string of the molecule is N#C[C@@H]1C[C@H](F)CN1C(=O)[C@@H](N)Cc1ccc(Oc2ccc([N+](=O)[O-])cn2)cc1.O=C(O)C(F)(F)F.O=C(O)C(F)(F)F. The number of carbonyl (C=O) groups excluding carboxylic acids is 1. The zero-order chi connectivity index (χ0) is 33.1. The molecule has 43 heavy (non-hydrogen) atoms. The number of carboxylic acid groups (broad SMARTS) is 2. The van der Waals surface area contributed by atoms with Crippen LogP contribution in [-0.2, 0) is 20.8 Å². The molecule has 3 rings (SSSR count). The Bertz CT molecular complexity index is 1290.